The molecule has 3 nitrogen and oxygen atoms in total. The highest BCUT2D eigenvalue weighted by atomic mass is 16.2. The summed E-state index contributed by atoms with van der Waals surface area (Å²) >= 11 is 0. The number of fused-ring (bicyclic) bond motifs is 2. The molecule has 0 bridgehead atoms. The highest BCUT2D eigenvalue weighted by Crippen LogP contribution is 2.42. The number of hydrogen-bond acceptors (Lipinski definition) is 2. The Hall–Kier alpha value is -2.13. The van der Waals surface area contributed by atoms with Crippen molar-refractivity contribution in [2.24, 2.45) is 0 Å². The average molecular weight is 361 g/mol. The van der Waals surface area contributed by atoms with Crippen LogP contribution in [0.5, 0.6) is 0 Å². The van der Waals surface area contributed by atoms with Crippen LogP contribution in [-0.2, 0) is 23.2 Å². The van der Waals surface area contributed by atoms with Crippen molar-refractivity contribution in [2.75, 3.05) is 18.0 Å². The molecule has 1 unspecified atom stereocenters. The molecule has 2 aromatic rings. The molecule has 0 saturated carbocycles. The number of carbonyl (C=O) groups excluding carboxylic acids is 1. The number of aryl methyl sites for hydroxylation is 1. The predicted molar refractivity (Wildman–Crippen MR) is 109 cm³/mol. The lowest BCUT2D eigenvalue weighted by Crippen LogP contribution is -2.53. The van der Waals surface area contributed by atoms with E-state index in [0.29, 0.717) is 12.5 Å². The SMILES string of the molecule is CC1(N2CCC(N3C(=O)Cc4ccccc43)CC2)CCCc2ccccc21. The number of nitrogens with zero attached hydrogens (tertiary/aromatic N) is 2. The van der Waals surface area contributed by atoms with Crippen molar-refractivity contribution < 1.29 is 4.79 Å². The topological polar surface area (TPSA) is 23.6 Å². The Morgan fingerprint density at radius 2 is 1.67 bits per heavy atom. The van der Waals surface area contributed by atoms with Crippen molar-refractivity contribution in [3.8, 4) is 0 Å². The van der Waals surface area contributed by atoms with Gasteiger partial charge >= 0.3 is 0 Å². The molecule has 0 N–H and O–H groups in total. The van der Waals surface area contributed by atoms with Crippen LogP contribution in [0.2, 0.25) is 0 Å². The fourth-order valence-electron chi connectivity index (χ4n) is 5.65. The van der Waals surface area contributed by atoms with Gasteiger partial charge in [0.05, 0.1) is 6.42 Å². The minimum absolute atomic E-state index is 0.146. The largest absolute Gasteiger partial charge is 0.309 e. The van der Waals surface area contributed by atoms with E-state index in [1.807, 2.05) is 6.07 Å². The molecule has 2 heterocycles. The van der Waals surface area contributed by atoms with Crippen LogP contribution in [0.15, 0.2) is 48.5 Å². The van der Waals surface area contributed by atoms with Gasteiger partial charge in [0, 0.05) is 30.4 Å². The van der Waals surface area contributed by atoms with E-state index in [1.54, 1.807) is 0 Å². The van der Waals surface area contributed by atoms with E-state index in [1.165, 1.54) is 36.0 Å². The monoisotopic (exact) mass is 360 g/mol. The number of piperidine rings is 1. The van der Waals surface area contributed by atoms with Crippen LogP contribution in [-0.4, -0.2) is 29.9 Å². The third kappa shape index (κ3) is 2.71. The molecular formula is C24H28N2O. The van der Waals surface area contributed by atoms with Crippen molar-refractivity contribution in [1.82, 2.24) is 4.90 Å². The molecule has 0 radical (unpaired) electrons. The highest BCUT2D eigenvalue weighted by Gasteiger charge is 2.41. The Morgan fingerprint density at radius 3 is 2.48 bits per heavy atom. The summed E-state index contributed by atoms with van der Waals surface area (Å²) < 4.78 is 0. The second-order valence-corrected chi connectivity index (χ2v) is 8.57. The molecule has 1 saturated heterocycles. The zero-order valence-corrected chi connectivity index (χ0v) is 16.2. The zero-order valence-electron chi connectivity index (χ0n) is 16.2. The van der Waals surface area contributed by atoms with E-state index in [4.69, 9.17) is 0 Å². The van der Waals surface area contributed by atoms with Crippen LogP contribution >= 0.6 is 0 Å². The first kappa shape index (κ1) is 17.0. The Bertz CT molecular complexity index is 868. The molecular weight excluding hydrogens is 332 g/mol. The van der Waals surface area contributed by atoms with Crippen LogP contribution in [0.3, 0.4) is 0 Å². The van der Waals surface area contributed by atoms with Crippen molar-refractivity contribution in [3.63, 3.8) is 0 Å². The number of carbonyl (C=O) groups is 1. The van der Waals surface area contributed by atoms with E-state index in [9.17, 15) is 4.79 Å². The van der Waals surface area contributed by atoms with E-state index < -0.39 is 0 Å². The van der Waals surface area contributed by atoms with Crippen LogP contribution < -0.4 is 4.90 Å². The number of likely N-dealkylation sites (tertiary alicyclic amines) is 1. The Kier molecular flexibility index (Phi) is 4.08. The molecule has 0 spiro atoms. The summed E-state index contributed by atoms with van der Waals surface area (Å²) in [6, 6.07) is 17.7. The smallest absolute Gasteiger partial charge is 0.231 e. The molecule has 3 heteroatoms. The van der Waals surface area contributed by atoms with Crippen molar-refractivity contribution in [3.05, 3.63) is 65.2 Å². The predicted octanol–water partition coefficient (Wildman–Crippen LogP) is 4.29. The van der Waals surface area contributed by atoms with Crippen molar-refractivity contribution in [2.45, 2.75) is 57.0 Å². The van der Waals surface area contributed by atoms with Gasteiger partial charge in [-0.1, -0.05) is 42.5 Å². The number of amides is 1. The lowest BCUT2D eigenvalue weighted by molar-refractivity contribution is -0.118. The maximum absolute atomic E-state index is 12.7. The lowest BCUT2D eigenvalue weighted by Gasteiger charge is -2.49. The van der Waals surface area contributed by atoms with Crippen LogP contribution in [0.1, 0.15) is 49.3 Å². The molecule has 2 aliphatic heterocycles. The van der Waals surface area contributed by atoms with Crippen LogP contribution in [0, 0.1) is 0 Å². The van der Waals surface area contributed by atoms with Gasteiger partial charge in [-0.15, -0.1) is 0 Å². The second kappa shape index (κ2) is 6.49. The molecule has 1 fully saturated rings. The van der Waals surface area contributed by atoms with Gasteiger partial charge in [0.1, 0.15) is 0 Å². The third-order valence-corrected chi connectivity index (χ3v) is 7.10. The summed E-state index contributed by atoms with van der Waals surface area (Å²) in [5.41, 5.74) is 5.54. The van der Waals surface area contributed by atoms with Gasteiger partial charge in [-0.25, -0.2) is 0 Å². The van der Waals surface area contributed by atoms with E-state index in [2.05, 4.69) is 59.2 Å². The van der Waals surface area contributed by atoms with Gasteiger partial charge in [0.25, 0.3) is 0 Å². The minimum Gasteiger partial charge on any atom is -0.309 e. The maximum Gasteiger partial charge on any atom is 0.231 e. The van der Waals surface area contributed by atoms with Gasteiger partial charge in [-0.05, 0) is 61.8 Å². The number of para-hydroxylation sites is 1. The van der Waals surface area contributed by atoms with Gasteiger partial charge < -0.3 is 4.90 Å². The number of benzene rings is 2. The molecule has 2 aromatic carbocycles. The summed E-state index contributed by atoms with van der Waals surface area (Å²) in [7, 11) is 0. The maximum atomic E-state index is 12.7. The first-order valence-corrected chi connectivity index (χ1v) is 10.4. The van der Waals surface area contributed by atoms with Gasteiger partial charge in [0.2, 0.25) is 5.91 Å². The summed E-state index contributed by atoms with van der Waals surface area (Å²) in [6.07, 6.45) is 6.42. The minimum atomic E-state index is 0.146. The molecule has 1 atom stereocenters. The summed E-state index contributed by atoms with van der Waals surface area (Å²) in [4.78, 5) is 17.4. The quantitative estimate of drug-likeness (QED) is 0.797. The summed E-state index contributed by atoms with van der Waals surface area (Å²) in [6.45, 7) is 4.57. The molecule has 140 valence electrons. The van der Waals surface area contributed by atoms with Crippen LogP contribution in [0.4, 0.5) is 5.69 Å². The summed E-state index contributed by atoms with van der Waals surface area (Å²) in [5.74, 6) is 0.281. The first-order valence-electron chi connectivity index (χ1n) is 10.4. The number of hydrogen-bond donors (Lipinski definition) is 0. The van der Waals surface area contributed by atoms with E-state index in [-0.39, 0.29) is 11.4 Å². The van der Waals surface area contributed by atoms with E-state index >= 15 is 0 Å². The van der Waals surface area contributed by atoms with Gasteiger partial charge in [-0.3, -0.25) is 9.69 Å². The Labute approximate surface area is 162 Å². The molecule has 1 aliphatic carbocycles. The summed E-state index contributed by atoms with van der Waals surface area (Å²) in [5, 5.41) is 0. The number of anilines is 1. The molecule has 27 heavy (non-hydrogen) atoms. The molecule has 1 amide bonds. The van der Waals surface area contributed by atoms with Gasteiger partial charge in [0.15, 0.2) is 0 Å². The van der Waals surface area contributed by atoms with Crippen molar-refractivity contribution >= 4 is 11.6 Å². The zero-order chi connectivity index (χ0) is 18.4. The Morgan fingerprint density at radius 1 is 0.963 bits per heavy atom. The fourth-order valence-corrected chi connectivity index (χ4v) is 5.65. The second-order valence-electron chi connectivity index (χ2n) is 8.57. The molecule has 3 aliphatic rings. The molecule has 0 aromatic heterocycles. The standard InChI is InChI=1S/C24H28N2O/c1-24(14-6-9-18-7-2-4-10-21(18)24)25-15-12-20(13-16-25)26-22-11-5-3-8-19(22)17-23(26)27/h2-5,7-8,10-11,20H,6,9,12-17H2,1H3. The third-order valence-electron chi connectivity index (χ3n) is 7.10. The number of rotatable bonds is 2. The van der Waals surface area contributed by atoms with Crippen LogP contribution in [0.25, 0.3) is 0 Å². The molecule has 5 rings (SSSR count). The Balaban J connectivity index is 1.35. The lowest BCUT2D eigenvalue weighted by atomic mass is 9.75. The average Bonchev–Trinajstić information content (AvgIpc) is 3.04. The fraction of sp³-hybridized carbons (Fsp3) is 0.458. The van der Waals surface area contributed by atoms with E-state index in [0.717, 1.165) is 31.6 Å². The highest BCUT2D eigenvalue weighted by molar-refractivity contribution is 6.01. The van der Waals surface area contributed by atoms with Gasteiger partial charge in [-0.2, -0.15) is 0 Å². The first-order chi connectivity index (χ1) is 13.2. The van der Waals surface area contributed by atoms with Crippen molar-refractivity contribution in [1.29, 1.82) is 0 Å². The normalized spacial score (nSPS) is 26.1.